The van der Waals surface area contributed by atoms with Crippen LogP contribution in [-0.2, 0) is 5.41 Å². The van der Waals surface area contributed by atoms with Crippen molar-refractivity contribution in [3.63, 3.8) is 0 Å². The van der Waals surface area contributed by atoms with Gasteiger partial charge >= 0.3 is 0 Å². The molecule has 1 aromatic rings. The summed E-state index contributed by atoms with van der Waals surface area (Å²) in [6.45, 7) is 8.53. The van der Waals surface area contributed by atoms with Gasteiger partial charge in [-0.15, -0.1) is 0 Å². The molecule has 0 aliphatic carbocycles. The Kier molecular flexibility index (Phi) is 4.97. The van der Waals surface area contributed by atoms with Gasteiger partial charge in [-0.05, 0) is 30.0 Å². The molecule has 3 heteroatoms. The Morgan fingerprint density at radius 1 is 1.28 bits per heavy atom. The van der Waals surface area contributed by atoms with Crippen molar-refractivity contribution in [3.05, 3.63) is 35.4 Å². The standard InChI is InChI=1S/C15H22BrNO/c1-11(10-16)17(5)14(18)12-6-8-13(9-7-12)15(2,3)4/h6-9,11H,10H2,1-5H3. The minimum Gasteiger partial charge on any atom is -0.338 e. The second kappa shape index (κ2) is 5.87. The Balaban J connectivity index is 2.89. The van der Waals surface area contributed by atoms with Crippen LogP contribution in [0.5, 0.6) is 0 Å². The highest BCUT2D eigenvalue weighted by Gasteiger charge is 2.18. The predicted molar refractivity (Wildman–Crippen MR) is 80.5 cm³/mol. The highest BCUT2D eigenvalue weighted by molar-refractivity contribution is 9.09. The van der Waals surface area contributed by atoms with Gasteiger partial charge in [0.15, 0.2) is 0 Å². The van der Waals surface area contributed by atoms with Crippen LogP contribution in [0.4, 0.5) is 0 Å². The third kappa shape index (κ3) is 3.58. The van der Waals surface area contributed by atoms with Gasteiger partial charge in [-0.2, -0.15) is 0 Å². The number of carbonyl (C=O) groups is 1. The van der Waals surface area contributed by atoms with Gasteiger partial charge < -0.3 is 4.90 Å². The number of hydrogen-bond donors (Lipinski definition) is 0. The minimum atomic E-state index is 0.0717. The predicted octanol–water partition coefficient (Wildman–Crippen LogP) is 3.84. The smallest absolute Gasteiger partial charge is 0.253 e. The lowest BCUT2D eigenvalue weighted by Gasteiger charge is -2.24. The summed E-state index contributed by atoms with van der Waals surface area (Å²) in [6, 6.07) is 8.11. The quantitative estimate of drug-likeness (QED) is 0.777. The third-order valence-electron chi connectivity index (χ3n) is 3.20. The average molecular weight is 312 g/mol. The Bertz CT molecular complexity index is 405. The Labute approximate surface area is 119 Å². The number of nitrogens with zero attached hydrogens (tertiary/aromatic N) is 1. The summed E-state index contributed by atoms with van der Waals surface area (Å²) in [5, 5.41) is 0.787. The zero-order valence-electron chi connectivity index (χ0n) is 11.8. The maximum absolute atomic E-state index is 12.2. The zero-order valence-corrected chi connectivity index (χ0v) is 13.4. The van der Waals surface area contributed by atoms with E-state index in [4.69, 9.17) is 0 Å². The van der Waals surface area contributed by atoms with Gasteiger partial charge in [-0.3, -0.25) is 4.79 Å². The summed E-state index contributed by atoms with van der Waals surface area (Å²) >= 11 is 3.40. The van der Waals surface area contributed by atoms with Gasteiger partial charge in [0.1, 0.15) is 0 Å². The highest BCUT2D eigenvalue weighted by Crippen LogP contribution is 2.22. The molecule has 0 N–H and O–H groups in total. The number of halogens is 1. The van der Waals surface area contributed by atoms with Gasteiger partial charge in [0.25, 0.3) is 5.91 Å². The maximum atomic E-state index is 12.2. The van der Waals surface area contributed by atoms with E-state index in [1.54, 1.807) is 4.90 Å². The number of amides is 1. The molecule has 1 rings (SSSR count). The molecule has 0 heterocycles. The van der Waals surface area contributed by atoms with E-state index >= 15 is 0 Å². The van der Waals surface area contributed by atoms with E-state index in [2.05, 4.69) is 36.7 Å². The number of carbonyl (C=O) groups excluding carboxylic acids is 1. The molecule has 0 saturated carbocycles. The van der Waals surface area contributed by atoms with E-state index in [-0.39, 0.29) is 17.4 Å². The molecule has 0 aliphatic heterocycles. The third-order valence-corrected chi connectivity index (χ3v) is 4.14. The molecule has 1 unspecified atom stereocenters. The molecule has 0 saturated heterocycles. The Hall–Kier alpha value is -0.830. The monoisotopic (exact) mass is 311 g/mol. The van der Waals surface area contributed by atoms with Gasteiger partial charge in [0.2, 0.25) is 0 Å². The topological polar surface area (TPSA) is 20.3 Å². The molecule has 1 aromatic carbocycles. The molecule has 0 spiro atoms. The summed E-state index contributed by atoms with van der Waals surface area (Å²) in [5.41, 5.74) is 2.12. The van der Waals surface area contributed by atoms with Crippen LogP contribution in [-0.4, -0.2) is 29.2 Å². The first-order valence-corrected chi connectivity index (χ1v) is 7.33. The lowest BCUT2D eigenvalue weighted by Crippen LogP contribution is -2.36. The fourth-order valence-corrected chi connectivity index (χ4v) is 2.05. The van der Waals surface area contributed by atoms with Crippen LogP contribution in [0.15, 0.2) is 24.3 Å². The molecule has 0 aromatic heterocycles. The fourth-order valence-electron chi connectivity index (χ4n) is 1.62. The van der Waals surface area contributed by atoms with Gasteiger partial charge in [-0.1, -0.05) is 48.8 Å². The van der Waals surface area contributed by atoms with Crippen LogP contribution in [0.2, 0.25) is 0 Å². The molecule has 100 valence electrons. The molecule has 1 amide bonds. The van der Waals surface area contributed by atoms with E-state index in [1.165, 1.54) is 5.56 Å². The lowest BCUT2D eigenvalue weighted by molar-refractivity contribution is 0.0758. The molecule has 0 aliphatic rings. The molecule has 0 bridgehead atoms. The molecule has 2 nitrogen and oxygen atoms in total. The van der Waals surface area contributed by atoms with Crippen LogP contribution in [0.25, 0.3) is 0 Å². The summed E-state index contributed by atoms with van der Waals surface area (Å²) in [7, 11) is 1.84. The first-order valence-electron chi connectivity index (χ1n) is 6.21. The number of benzene rings is 1. The second-order valence-electron chi connectivity index (χ2n) is 5.75. The fraction of sp³-hybridized carbons (Fsp3) is 0.533. The average Bonchev–Trinajstić information content (AvgIpc) is 2.35. The minimum absolute atomic E-state index is 0.0717. The van der Waals surface area contributed by atoms with E-state index in [0.717, 1.165) is 10.9 Å². The van der Waals surface area contributed by atoms with Gasteiger partial charge in [0, 0.05) is 24.0 Å². The first-order chi connectivity index (χ1) is 8.27. The number of rotatable bonds is 3. The summed E-state index contributed by atoms with van der Waals surface area (Å²) in [6.07, 6.45) is 0. The van der Waals surface area contributed by atoms with E-state index < -0.39 is 0 Å². The van der Waals surface area contributed by atoms with Crippen molar-refractivity contribution in [1.29, 1.82) is 0 Å². The van der Waals surface area contributed by atoms with E-state index in [0.29, 0.717) is 0 Å². The van der Waals surface area contributed by atoms with Crippen LogP contribution in [0, 0.1) is 0 Å². The van der Waals surface area contributed by atoms with Crippen molar-refractivity contribution in [1.82, 2.24) is 4.90 Å². The highest BCUT2D eigenvalue weighted by atomic mass is 79.9. The SMILES string of the molecule is CC(CBr)N(C)C(=O)c1ccc(C(C)(C)C)cc1. The van der Waals surface area contributed by atoms with E-state index in [1.807, 2.05) is 38.2 Å². The van der Waals surface area contributed by atoms with Crippen LogP contribution < -0.4 is 0 Å². The number of alkyl halides is 1. The van der Waals surface area contributed by atoms with Crippen LogP contribution >= 0.6 is 15.9 Å². The second-order valence-corrected chi connectivity index (χ2v) is 6.39. The van der Waals surface area contributed by atoms with Crippen molar-refractivity contribution >= 4 is 21.8 Å². The van der Waals surface area contributed by atoms with E-state index in [9.17, 15) is 4.79 Å². The number of hydrogen-bond acceptors (Lipinski definition) is 1. The van der Waals surface area contributed by atoms with Crippen molar-refractivity contribution in [3.8, 4) is 0 Å². The summed E-state index contributed by atoms with van der Waals surface area (Å²) in [5.74, 6) is 0.0717. The zero-order chi connectivity index (χ0) is 13.9. The van der Waals surface area contributed by atoms with Crippen molar-refractivity contribution in [2.75, 3.05) is 12.4 Å². The Morgan fingerprint density at radius 2 is 1.78 bits per heavy atom. The summed E-state index contributed by atoms with van der Waals surface area (Å²) in [4.78, 5) is 14.0. The van der Waals surface area contributed by atoms with Gasteiger partial charge in [0.05, 0.1) is 0 Å². The first kappa shape index (κ1) is 15.2. The van der Waals surface area contributed by atoms with Gasteiger partial charge in [-0.25, -0.2) is 0 Å². The van der Waals surface area contributed by atoms with Crippen molar-refractivity contribution in [2.45, 2.75) is 39.2 Å². The molecule has 1 atom stereocenters. The van der Waals surface area contributed by atoms with Crippen LogP contribution in [0.3, 0.4) is 0 Å². The molecule has 0 fully saturated rings. The molecular formula is C15H22BrNO. The summed E-state index contributed by atoms with van der Waals surface area (Å²) < 4.78 is 0. The van der Waals surface area contributed by atoms with Crippen molar-refractivity contribution in [2.24, 2.45) is 0 Å². The lowest BCUT2D eigenvalue weighted by atomic mass is 9.86. The maximum Gasteiger partial charge on any atom is 0.253 e. The Morgan fingerprint density at radius 3 is 2.17 bits per heavy atom. The largest absolute Gasteiger partial charge is 0.338 e. The molecule has 0 radical (unpaired) electrons. The van der Waals surface area contributed by atoms with Crippen molar-refractivity contribution < 1.29 is 4.79 Å². The molecule has 18 heavy (non-hydrogen) atoms. The molecular weight excluding hydrogens is 290 g/mol. The van der Waals surface area contributed by atoms with Crippen LogP contribution in [0.1, 0.15) is 43.6 Å². The normalized spacial score (nSPS) is 13.2.